The van der Waals surface area contributed by atoms with Gasteiger partial charge in [-0.3, -0.25) is 4.98 Å². The summed E-state index contributed by atoms with van der Waals surface area (Å²) in [6, 6.07) is 20.7. The smallest absolute Gasteiger partial charge is 0.0705 e. The van der Waals surface area contributed by atoms with Crippen molar-refractivity contribution in [2.45, 2.75) is 25.8 Å². The molecule has 3 rings (SSSR count). The standard InChI is InChI=1S/C19H20N2/c1-14-7-3-5-9-17(14)19(2,20)13-16-12-11-15-8-4-6-10-18(15)21-16/h3-12H,13,20H2,1-2H3. The number of hydrogen-bond acceptors (Lipinski definition) is 2. The Balaban J connectivity index is 1.95. The van der Waals surface area contributed by atoms with Crippen molar-refractivity contribution in [3.63, 3.8) is 0 Å². The van der Waals surface area contributed by atoms with Crippen LogP contribution < -0.4 is 5.73 Å². The predicted octanol–water partition coefficient (Wildman–Crippen LogP) is 3.96. The number of nitrogens with two attached hydrogens (primary N) is 1. The van der Waals surface area contributed by atoms with Crippen LogP contribution in [0.15, 0.2) is 60.7 Å². The number of pyridine rings is 1. The van der Waals surface area contributed by atoms with Crippen molar-refractivity contribution >= 4 is 10.9 Å². The van der Waals surface area contributed by atoms with Crippen LogP contribution >= 0.6 is 0 Å². The first-order chi connectivity index (χ1) is 10.1. The summed E-state index contributed by atoms with van der Waals surface area (Å²) in [5.41, 5.74) is 10.6. The molecule has 2 heteroatoms. The number of benzene rings is 2. The first-order valence-corrected chi connectivity index (χ1v) is 7.26. The van der Waals surface area contributed by atoms with E-state index >= 15 is 0 Å². The van der Waals surface area contributed by atoms with Crippen molar-refractivity contribution in [1.29, 1.82) is 0 Å². The number of para-hydroxylation sites is 1. The van der Waals surface area contributed by atoms with Gasteiger partial charge in [-0.25, -0.2) is 0 Å². The van der Waals surface area contributed by atoms with Crippen LogP contribution in [0, 0.1) is 6.92 Å². The Morgan fingerprint density at radius 2 is 1.67 bits per heavy atom. The second-order valence-corrected chi connectivity index (χ2v) is 5.90. The third kappa shape index (κ3) is 2.81. The van der Waals surface area contributed by atoms with E-state index in [1.807, 2.05) is 30.3 Å². The van der Waals surface area contributed by atoms with Crippen LogP contribution in [0.5, 0.6) is 0 Å². The van der Waals surface area contributed by atoms with Crippen molar-refractivity contribution in [3.8, 4) is 0 Å². The number of aryl methyl sites for hydroxylation is 1. The van der Waals surface area contributed by atoms with Crippen LogP contribution in [0.1, 0.15) is 23.7 Å². The number of rotatable bonds is 3. The third-order valence-electron chi connectivity index (χ3n) is 3.96. The van der Waals surface area contributed by atoms with Crippen LogP contribution in [-0.2, 0) is 12.0 Å². The quantitative estimate of drug-likeness (QED) is 0.786. The fourth-order valence-corrected chi connectivity index (χ4v) is 2.89. The molecule has 0 aliphatic heterocycles. The summed E-state index contributed by atoms with van der Waals surface area (Å²) >= 11 is 0. The Morgan fingerprint density at radius 3 is 2.48 bits per heavy atom. The van der Waals surface area contributed by atoms with Gasteiger partial charge >= 0.3 is 0 Å². The maximum Gasteiger partial charge on any atom is 0.0705 e. The monoisotopic (exact) mass is 276 g/mol. The molecule has 0 spiro atoms. The Kier molecular flexibility index (Phi) is 3.48. The first kappa shape index (κ1) is 13.8. The highest BCUT2D eigenvalue weighted by atomic mass is 14.8. The molecule has 0 amide bonds. The van der Waals surface area contributed by atoms with Gasteiger partial charge in [0.1, 0.15) is 0 Å². The van der Waals surface area contributed by atoms with Crippen LogP contribution in [0.2, 0.25) is 0 Å². The van der Waals surface area contributed by atoms with Gasteiger partial charge in [-0.1, -0.05) is 48.5 Å². The number of nitrogens with zero attached hydrogens (tertiary/aromatic N) is 1. The van der Waals surface area contributed by atoms with E-state index in [1.165, 1.54) is 11.1 Å². The molecule has 1 aromatic heterocycles. The average molecular weight is 276 g/mol. The molecule has 0 saturated carbocycles. The normalized spacial score (nSPS) is 14.0. The topological polar surface area (TPSA) is 38.9 Å². The lowest BCUT2D eigenvalue weighted by Crippen LogP contribution is -2.36. The van der Waals surface area contributed by atoms with Crippen molar-refractivity contribution in [3.05, 3.63) is 77.5 Å². The lowest BCUT2D eigenvalue weighted by Gasteiger charge is -2.27. The molecule has 0 aliphatic rings. The van der Waals surface area contributed by atoms with E-state index < -0.39 is 5.54 Å². The molecule has 0 radical (unpaired) electrons. The van der Waals surface area contributed by atoms with Crippen molar-refractivity contribution in [2.75, 3.05) is 0 Å². The lowest BCUT2D eigenvalue weighted by molar-refractivity contribution is 0.483. The third-order valence-corrected chi connectivity index (χ3v) is 3.96. The van der Waals surface area contributed by atoms with Gasteiger partial charge in [0.2, 0.25) is 0 Å². The first-order valence-electron chi connectivity index (χ1n) is 7.26. The fraction of sp³-hybridized carbons (Fsp3) is 0.211. The minimum absolute atomic E-state index is 0.416. The van der Waals surface area contributed by atoms with Gasteiger partial charge < -0.3 is 5.73 Å². The van der Waals surface area contributed by atoms with Gasteiger partial charge in [-0.05, 0) is 37.1 Å². The van der Waals surface area contributed by atoms with Gasteiger partial charge in [0.05, 0.1) is 5.52 Å². The summed E-state index contributed by atoms with van der Waals surface area (Å²) in [6.45, 7) is 4.18. The maximum absolute atomic E-state index is 6.57. The van der Waals surface area contributed by atoms with Crippen LogP contribution in [0.25, 0.3) is 10.9 Å². The van der Waals surface area contributed by atoms with Crippen molar-refractivity contribution in [1.82, 2.24) is 4.98 Å². The summed E-state index contributed by atoms with van der Waals surface area (Å²) < 4.78 is 0. The van der Waals surface area contributed by atoms with E-state index in [0.29, 0.717) is 0 Å². The summed E-state index contributed by atoms with van der Waals surface area (Å²) in [4.78, 5) is 4.74. The highest BCUT2D eigenvalue weighted by molar-refractivity contribution is 5.78. The molecule has 1 heterocycles. The lowest BCUT2D eigenvalue weighted by atomic mass is 9.85. The molecular weight excluding hydrogens is 256 g/mol. The van der Waals surface area contributed by atoms with E-state index in [1.54, 1.807) is 0 Å². The van der Waals surface area contributed by atoms with Gasteiger partial charge in [0.25, 0.3) is 0 Å². The molecule has 2 aromatic carbocycles. The van der Waals surface area contributed by atoms with Gasteiger partial charge in [-0.2, -0.15) is 0 Å². The van der Waals surface area contributed by atoms with E-state index in [9.17, 15) is 0 Å². The Morgan fingerprint density at radius 1 is 0.952 bits per heavy atom. The van der Waals surface area contributed by atoms with Crippen LogP contribution in [0.4, 0.5) is 0 Å². The SMILES string of the molecule is Cc1ccccc1C(C)(N)Cc1ccc2ccccc2n1. The average Bonchev–Trinajstić information content (AvgIpc) is 2.47. The molecule has 0 saturated heterocycles. The molecule has 0 aliphatic carbocycles. The van der Waals surface area contributed by atoms with E-state index in [4.69, 9.17) is 10.7 Å². The summed E-state index contributed by atoms with van der Waals surface area (Å²) in [7, 11) is 0. The van der Waals surface area contributed by atoms with E-state index in [-0.39, 0.29) is 0 Å². The largest absolute Gasteiger partial charge is 0.321 e. The van der Waals surface area contributed by atoms with Crippen molar-refractivity contribution < 1.29 is 0 Å². The summed E-state index contributed by atoms with van der Waals surface area (Å²) in [6.07, 6.45) is 0.725. The zero-order valence-corrected chi connectivity index (χ0v) is 12.5. The number of hydrogen-bond donors (Lipinski definition) is 1. The minimum atomic E-state index is -0.416. The molecule has 2 N–H and O–H groups in total. The zero-order chi connectivity index (χ0) is 14.9. The maximum atomic E-state index is 6.57. The Labute approximate surface area is 125 Å². The molecule has 0 bridgehead atoms. The fourth-order valence-electron chi connectivity index (χ4n) is 2.89. The molecule has 1 atom stereocenters. The summed E-state index contributed by atoms with van der Waals surface area (Å²) in [5, 5.41) is 1.16. The number of fused-ring (bicyclic) bond motifs is 1. The number of aromatic nitrogens is 1. The molecule has 2 nitrogen and oxygen atoms in total. The van der Waals surface area contributed by atoms with Gasteiger partial charge in [0, 0.05) is 23.0 Å². The Hall–Kier alpha value is -2.19. The van der Waals surface area contributed by atoms with Gasteiger partial charge in [0.15, 0.2) is 0 Å². The second kappa shape index (κ2) is 5.30. The zero-order valence-electron chi connectivity index (χ0n) is 12.5. The highest BCUT2D eigenvalue weighted by Crippen LogP contribution is 2.25. The highest BCUT2D eigenvalue weighted by Gasteiger charge is 2.23. The molecule has 106 valence electrons. The molecule has 0 fully saturated rings. The van der Waals surface area contributed by atoms with Crippen molar-refractivity contribution in [2.24, 2.45) is 5.73 Å². The minimum Gasteiger partial charge on any atom is -0.321 e. The van der Waals surface area contributed by atoms with Gasteiger partial charge in [-0.15, -0.1) is 0 Å². The predicted molar refractivity (Wildman–Crippen MR) is 88.2 cm³/mol. The second-order valence-electron chi connectivity index (χ2n) is 5.90. The molecule has 21 heavy (non-hydrogen) atoms. The molecule has 1 unspecified atom stereocenters. The Bertz CT molecular complexity index is 775. The molecular formula is C19H20N2. The van der Waals surface area contributed by atoms with Crippen LogP contribution in [-0.4, -0.2) is 4.98 Å². The van der Waals surface area contributed by atoms with E-state index in [0.717, 1.165) is 23.0 Å². The van der Waals surface area contributed by atoms with Crippen LogP contribution in [0.3, 0.4) is 0 Å². The summed E-state index contributed by atoms with van der Waals surface area (Å²) in [5.74, 6) is 0. The van der Waals surface area contributed by atoms with E-state index in [2.05, 4.69) is 44.2 Å². The molecule has 3 aromatic rings.